The van der Waals surface area contributed by atoms with Crippen molar-refractivity contribution in [2.24, 2.45) is 7.05 Å². The fourth-order valence-corrected chi connectivity index (χ4v) is 3.29. The van der Waals surface area contributed by atoms with Crippen LogP contribution in [0.15, 0.2) is 33.6 Å². The molecule has 0 saturated heterocycles. The van der Waals surface area contributed by atoms with Gasteiger partial charge in [0.2, 0.25) is 0 Å². The molecule has 24 heavy (non-hydrogen) atoms. The van der Waals surface area contributed by atoms with Crippen LogP contribution >= 0.6 is 27.7 Å². The number of amides is 1. The summed E-state index contributed by atoms with van der Waals surface area (Å²) in [6, 6.07) is 7.59. The first-order valence-electron chi connectivity index (χ1n) is 7.20. The summed E-state index contributed by atoms with van der Waals surface area (Å²) in [5.41, 5.74) is 1.87. The third-order valence-corrected chi connectivity index (χ3v) is 4.76. The van der Waals surface area contributed by atoms with E-state index >= 15 is 0 Å². The third kappa shape index (κ3) is 5.38. The van der Waals surface area contributed by atoms with Gasteiger partial charge in [0, 0.05) is 22.5 Å². The van der Waals surface area contributed by atoms with Crippen LogP contribution < -0.4 is 5.32 Å². The Bertz CT molecular complexity index is 761. The van der Waals surface area contributed by atoms with Crippen LogP contribution in [0, 0.1) is 13.8 Å². The molecule has 2 rings (SSSR count). The molecular formula is C16H18BrN3O3S. The van der Waals surface area contributed by atoms with Crippen molar-refractivity contribution in [3.63, 3.8) is 0 Å². The molecule has 0 atom stereocenters. The van der Waals surface area contributed by atoms with E-state index in [-0.39, 0.29) is 12.4 Å². The number of benzene rings is 1. The molecule has 1 aromatic heterocycles. The van der Waals surface area contributed by atoms with Gasteiger partial charge in [0.1, 0.15) is 5.82 Å². The van der Waals surface area contributed by atoms with Gasteiger partial charge in [0.15, 0.2) is 6.61 Å². The maximum absolute atomic E-state index is 11.8. The molecule has 0 aliphatic rings. The van der Waals surface area contributed by atoms with Gasteiger partial charge in [-0.25, -0.2) is 0 Å². The zero-order valence-electron chi connectivity index (χ0n) is 13.6. The number of ether oxygens (including phenoxy) is 1. The molecule has 0 aliphatic heterocycles. The van der Waals surface area contributed by atoms with Gasteiger partial charge < -0.3 is 10.1 Å². The fourth-order valence-electron chi connectivity index (χ4n) is 2.01. The van der Waals surface area contributed by atoms with E-state index in [0.717, 1.165) is 20.6 Å². The number of anilines is 1. The quantitative estimate of drug-likeness (QED) is 0.583. The summed E-state index contributed by atoms with van der Waals surface area (Å²) in [5.74, 6) is -0.108. The number of halogens is 1. The van der Waals surface area contributed by atoms with Crippen molar-refractivity contribution in [1.82, 2.24) is 9.78 Å². The van der Waals surface area contributed by atoms with Crippen molar-refractivity contribution in [3.05, 3.63) is 40.0 Å². The number of esters is 1. The van der Waals surface area contributed by atoms with Gasteiger partial charge in [-0.05, 0) is 37.6 Å². The normalized spacial score (nSPS) is 10.5. The van der Waals surface area contributed by atoms with Crippen molar-refractivity contribution in [2.75, 3.05) is 17.7 Å². The Morgan fingerprint density at radius 2 is 2.08 bits per heavy atom. The first-order valence-corrected chi connectivity index (χ1v) is 8.98. The predicted molar refractivity (Wildman–Crippen MR) is 97.1 cm³/mol. The van der Waals surface area contributed by atoms with Crippen LogP contribution in [0.5, 0.6) is 0 Å². The number of hydrogen-bond donors (Lipinski definition) is 1. The van der Waals surface area contributed by atoms with Crippen LogP contribution in [0.1, 0.15) is 11.3 Å². The van der Waals surface area contributed by atoms with Crippen LogP contribution in [0.2, 0.25) is 0 Å². The van der Waals surface area contributed by atoms with E-state index < -0.39 is 11.9 Å². The number of rotatable bonds is 6. The number of nitrogens with zero attached hydrogens (tertiary/aromatic N) is 2. The molecule has 1 aromatic carbocycles. The predicted octanol–water partition coefficient (Wildman–Crippen LogP) is 3.07. The second-order valence-corrected chi connectivity index (χ2v) is 7.13. The molecule has 1 heterocycles. The van der Waals surface area contributed by atoms with E-state index in [4.69, 9.17) is 4.74 Å². The van der Waals surface area contributed by atoms with E-state index in [1.807, 2.05) is 32.0 Å². The van der Waals surface area contributed by atoms with Crippen molar-refractivity contribution >= 4 is 45.4 Å². The molecule has 0 saturated carbocycles. The van der Waals surface area contributed by atoms with Crippen molar-refractivity contribution in [2.45, 2.75) is 18.7 Å². The third-order valence-electron chi connectivity index (χ3n) is 3.12. The Labute approximate surface area is 153 Å². The number of carbonyl (C=O) groups is 2. The minimum absolute atomic E-state index is 0.153. The maximum atomic E-state index is 11.8. The highest BCUT2D eigenvalue weighted by Gasteiger charge is 2.11. The Morgan fingerprint density at radius 1 is 1.33 bits per heavy atom. The lowest BCUT2D eigenvalue weighted by Gasteiger charge is -2.08. The SMILES string of the molecule is Cc1cc(NC(=O)COC(=O)CSc2ccc(Br)cc2C)n(C)n1. The monoisotopic (exact) mass is 411 g/mol. The Balaban J connectivity index is 1.76. The van der Waals surface area contributed by atoms with Gasteiger partial charge >= 0.3 is 5.97 Å². The molecule has 8 heteroatoms. The van der Waals surface area contributed by atoms with Crippen LogP contribution in [-0.2, 0) is 21.4 Å². The zero-order valence-corrected chi connectivity index (χ0v) is 16.0. The van der Waals surface area contributed by atoms with E-state index in [1.54, 1.807) is 17.8 Å². The molecule has 0 bridgehead atoms. The van der Waals surface area contributed by atoms with Gasteiger partial charge in [-0.1, -0.05) is 15.9 Å². The summed E-state index contributed by atoms with van der Waals surface area (Å²) in [6.07, 6.45) is 0. The van der Waals surface area contributed by atoms with Crippen LogP contribution in [0.4, 0.5) is 5.82 Å². The molecule has 1 amide bonds. The summed E-state index contributed by atoms with van der Waals surface area (Å²) in [7, 11) is 1.73. The molecule has 1 N–H and O–H groups in total. The molecule has 0 fully saturated rings. The molecule has 0 unspecified atom stereocenters. The topological polar surface area (TPSA) is 73.2 Å². The number of carbonyl (C=O) groups excluding carboxylic acids is 2. The molecule has 0 radical (unpaired) electrons. The largest absolute Gasteiger partial charge is 0.455 e. The van der Waals surface area contributed by atoms with Crippen molar-refractivity contribution in [3.8, 4) is 0 Å². The number of hydrogen-bond acceptors (Lipinski definition) is 5. The Hall–Kier alpha value is -1.80. The average molecular weight is 412 g/mol. The molecule has 0 aliphatic carbocycles. The number of nitrogens with one attached hydrogen (secondary N) is 1. The van der Waals surface area contributed by atoms with Crippen LogP contribution in [0.25, 0.3) is 0 Å². The number of aromatic nitrogens is 2. The summed E-state index contributed by atoms with van der Waals surface area (Å²) >= 11 is 4.78. The minimum atomic E-state index is -0.432. The Morgan fingerprint density at radius 3 is 2.71 bits per heavy atom. The molecule has 2 aromatic rings. The average Bonchev–Trinajstić information content (AvgIpc) is 2.82. The van der Waals surface area contributed by atoms with Crippen molar-refractivity contribution in [1.29, 1.82) is 0 Å². The lowest BCUT2D eigenvalue weighted by Crippen LogP contribution is -2.22. The lowest BCUT2D eigenvalue weighted by atomic mass is 10.2. The van der Waals surface area contributed by atoms with Gasteiger partial charge in [-0.3, -0.25) is 14.3 Å². The Kier molecular flexibility index (Phi) is 6.44. The summed E-state index contributed by atoms with van der Waals surface area (Å²) < 4.78 is 7.55. The molecular weight excluding hydrogens is 394 g/mol. The highest BCUT2D eigenvalue weighted by molar-refractivity contribution is 9.10. The van der Waals surface area contributed by atoms with E-state index in [1.165, 1.54) is 11.8 Å². The first kappa shape index (κ1) is 18.5. The van der Waals surface area contributed by atoms with Crippen LogP contribution in [0.3, 0.4) is 0 Å². The summed E-state index contributed by atoms with van der Waals surface area (Å²) in [5, 5.41) is 6.77. The number of aryl methyl sites for hydroxylation is 3. The molecule has 128 valence electrons. The second kappa shape index (κ2) is 8.34. The van der Waals surface area contributed by atoms with Gasteiger partial charge in [-0.2, -0.15) is 5.10 Å². The van der Waals surface area contributed by atoms with E-state index in [0.29, 0.717) is 5.82 Å². The molecule has 6 nitrogen and oxygen atoms in total. The summed E-state index contributed by atoms with van der Waals surface area (Å²) in [4.78, 5) is 24.6. The van der Waals surface area contributed by atoms with Gasteiger partial charge in [0.25, 0.3) is 5.91 Å². The smallest absolute Gasteiger partial charge is 0.316 e. The minimum Gasteiger partial charge on any atom is -0.455 e. The fraction of sp³-hybridized carbons (Fsp3) is 0.312. The van der Waals surface area contributed by atoms with Gasteiger partial charge in [-0.15, -0.1) is 11.8 Å². The summed E-state index contributed by atoms with van der Waals surface area (Å²) in [6.45, 7) is 3.49. The van der Waals surface area contributed by atoms with Crippen LogP contribution in [-0.4, -0.2) is 34.0 Å². The van der Waals surface area contributed by atoms with Crippen molar-refractivity contribution < 1.29 is 14.3 Å². The number of thioether (sulfide) groups is 1. The second-order valence-electron chi connectivity index (χ2n) is 5.20. The van der Waals surface area contributed by atoms with Gasteiger partial charge in [0.05, 0.1) is 11.4 Å². The highest BCUT2D eigenvalue weighted by atomic mass is 79.9. The highest BCUT2D eigenvalue weighted by Crippen LogP contribution is 2.25. The zero-order chi connectivity index (χ0) is 17.7. The maximum Gasteiger partial charge on any atom is 0.316 e. The first-order chi connectivity index (χ1) is 11.3. The molecule has 0 spiro atoms. The van der Waals surface area contributed by atoms with E-state index in [2.05, 4.69) is 26.3 Å². The standard InChI is InChI=1S/C16H18BrN3O3S/c1-10-6-12(17)4-5-13(10)24-9-16(22)23-8-15(21)18-14-7-11(2)19-20(14)3/h4-7H,8-9H2,1-3H3,(H,18,21). The lowest BCUT2D eigenvalue weighted by molar-refractivity contribution is -0.144. The van der Waals surface area contributed by atoms with E-state index in [9.17, 15) is 9.59 Å².